The molecule has 2 aromatic heterocycles. The van der Waals surface area contributed by atoms with E-state index < -0.39 is 0 Å². The van der Waals surface area contributed by atoms with E-state index in [2.05, 4.69) is 21.5 Å². The summed E-state index contributed by atoms with van der Waals surface area (Å²) in [4.78, 5) is 4.05. The predicted octanol–water partition coefficient (Wildman–Crippen LogP) is 1.88. The van der Waals surface area contributed by atoms with E-state index in [9.17, 15) is 0 Å². The molecular weight excluding hydrogens is 266 g/mol. The summed E-state index contributed by atoms with van der Waals surface area (Å²) in [5.74, 6) is 0.362. The van der Waals surface area contributed by atoms with Crippen LogP contribution in [0.2, 0.25) is 0 Å². The molecule has 1 aliphatic rings. The van der Waals surface area contributed by atoms with Crippen molar-refractivity contribution in [1.82, 2.24) is 14.8 Å². The van der Waals surface area contributed by atoms with Gasteiger partial charge in [-0.05, 0) is 18.6 Å². The van der Waals surface area contributed by atoms with Crippen molar-refractivity contribution in [1.29, 1.82) is 5.26 Å². The number of hydrogen-bond acceptors (Lipinski definition) is 5. The molecule has 1 saturated heterocycles. The standard InChI is InChI=1S/C15H17N5O/c1-20-10-12(9-19-20)15-11(4-6-21-15)8-18-13-3-2-5-17-14(13)7-16/h2-3,5,9-11,15,18H,4,6,8H2,1H3/t11-,15+/m0/s1. The van der Waals surface area contributed by atoms with Gasteiger partial charge in [0, 0.05) is 44.1 Å². The van der Waals surface area contributed by atoms with E-state index in [0.717, 1.165) is 30.8 Å². The molecule has 0 aromatic carbocycles. The Bertz CT molecular complexity index is 660. The molecule has 2 aromatic rings. The van der Waals surface area contributed by atoms with E-state index in [1.165, 1.54) is 0 Å². The first-order valence-corrected chi connectivity index (χ1v) is 6.97. The van der Waals surface area contributed by atoms with Crippen molar-refractivity contribution in [3.8, 4) is 6.07 Å². The van der Waals surface area contributed by atoms with Gasteiger partial charge in [0.15, 0.2) is 5.69 Å². The second kappa shape index (κ2) is 5.94. The van der Waals surface area contributed by atoms with Gasteiger partial charge in [0.2, 0.25) is 0 Å². The van der Waals surface area contributed by atoms with Crippen LogP contribution >= 0.6 is 0 Å². The molecule has 0 bridgehead atoms. The minimum absolute atomic E-state index is 0.0633. The fourth-order valence-electron chi connectivity index (χ4n) is 2.68. The van der Waals surface area contributed by atoms with Crippen LogP contribution in [0.5, 0.6) is 0 Å². The quantitative estimate of drug-likeness (QED) is 0.927. The van der Waals surface area contributed by atoms with Crippen molar-refractivity contribution in [2.45, 2.75) is 12.5 Å². The van der Waals surface area contributed by atoms with Crippen LogP contribution in [0.4, 0.5) is 5.69 Å². The molecule has 1 aliphatic heterocycles. The van der Waals surface area contributed by atoms with Crippen LogP contribution in [-0.4, -0.2) is 27.9 Å². The molecule has 3 heterocycles. The normalized spacial score (nSPS) is 21.1. The highest BCUT2D eigenvalue weighted by atomic mass is 16.5. The van der Waals surface area contributed by atoms with Gasteiger partial charge >= 0.3 is 0 Å². The molecule has 2 atom stereocenters. The number of hydrogen-bond donors (Lipinski definition) is 1. The summed E-state index contributed by atoms with van der Waals surface area (Å²) in [5, 5.41) is 16.6. The van der Waals surface area contributed by atoms with Gasteiger partial charge in [-0.3, -0.25) is 4.68 Å². The van der Waals surface area contributed by atoms with Crippen molar-refractivity contribution in [3.63, 3.8) is 0 Å². The third-order valence-corrected chi connectivity index (χ3v) is 3.74. The van der Waals surface area contributed by atoms with Crippen LogP contribution in [0.3, 0.4) is 0 Å². The zero-order valence-electron chi connectivity index (χ0n) is 11.9. The van der Waals surface area contributed by atoms with Crippen LogP contribution < -0.4 is 5.32 Å². The smallest absolute Gasteiger partial charge is 0.163 e. The summed E-state index contributed by atoms with van der Waals surface area (Å²) in [7, 11) is 1.90. The average Bonchev–Trinajstić information content (AvgIpc) is 3.13. The Labute approximate surface area is 123 Å². The molecule has 6 nitrogen and oxygen atoms in total. The van der Waals surface area contributed by atoms with E-state index in [4.69, 9.17) is 10.00 Å². The summed E-state index contributed by atoms with van der Waals surface area (Å²) >= 11 is 0. The lowest BCUT2D eigenvalue weighted by Gasteiger charge is -2.18. The Balaban J connectivity index is 1.68. The number of ether oxygens (including phenoxy) is 1. The molecular formula is C15H17N5O. The van der Waals surface area contributed by atoms with Crippen molar-refractivity contribution < 1.29 is 4.74 Å². The molecule has 21 heavy (non-hydrogen) atoms. The van der Waals surface area contributed by atoms with E-state index in [0.29, 0.717) is 11.6 Å². The minimum atomic E-state index is 0.0633. The highest BCUT2D eigenvalue weighted by Crippen LogP contribution is 2.34. The third kappa shape index (κ3) is 2.88. The highest BCUT2D eigenvalue weighted by Gasteiger charge is 2.30. The molecule has 0 unspecified atom stereocenters. The Morgan fingerprint density at radius 3 is 3.24 bits per heavy atom. The zero-order chi connectivity index (χ0) is 14.7. The summed E-state index contributed by atoms with van der Waals surface area (Å²) in [6.45, 7) is 1.50. The number of pyridine rings is 1. The van der Waals surface area contributed by atoms with Crippen LogP contribution in [0.15, 0.2) is 30.7 Å². The predicted molar refractivity (Wildman–Crippen MR) is 77.4 cm³/mol. The molecule has 0 amide bonds. The second-order valence-corrected chi connectivity index (χ2v) is 5.18. The number of nitrogens with one attached hydrogen (secondary N) is 1. The summed E-state index contributed by atoms with van der Waals surface area (Å²) in [5.41, 5.74) is 2.31. The number of nitriles is 1. The molecule has 1 fully saturated rings. The van der Waals surface area contributed by atoms with E-state index >= 15 is 0 Å². The second-order valence-electron chi connectivity index (χ2n) is 5.18. The summed E-state index contributed by atoms with van der Waals surface area (Å²) in [6.07, 6.45) is 6.53. The van der Waals surface area contributed by atoms with Gasteiger partial charge in [0.05, 0.1) is 18.0 Å². The van der Waals surface area contributed by atoms with Gasteiger partial charge < -0.3 is 10.1 Å². The first-order valence-electron chi connectivity index (χ1n) is 6.97. The Morgan fingerprint density at radius 2 is 2.48 bits per heavy atom. The summed E-state index contributed by atoms with van der Waals surface area (Å²) in [6, 6.07) is 5.80. The third-order valence-electron chi connectivity index (χ3n) is 3.74. The van der Waals surface area contributed by atoms with Crippen LogP contribution in [0.25, 0.3) is 0 Å². The van der Waals surface area contributed by atoms with Crippen molar-refractivity contribution in [2.24, 2.45) is 13.0 Å². The maximum Gasteiger partial charge on any atom is 0.163 e. The number of aryl methyl sites for hydroxylation is 1. The molecule has 3 rings (SSSR count). The lowest BCUT2D eigenvalue weighted by molar-refractivity contribution is 0.0932. The Kier molecular flexibility index (Phi) is 3.84. The SMILES string of the molecule is Cn1cc([C@@H]2OCC[C@H]2CNc2cccnc2C#N)cn1. The maximum atomic E-state index is 9.05. The Hall–Kier alpha value is -2.39. The van der Waals surface area contributed by atoms with Gasteiger partial charge in [0.1, 0.15) is 6.07 Å². The fraction of sp³-hybridized carbons (Fsp3) is 0.400. The highest BCUT2D eigenvalue weighted by molar-refractivity contribution is 5.53. The number of nitrogens with zero attached hydrogens (tertiary/aromatic N) is 4. The van der Waals surface area contributed by atoms with Gasteiger partial charge in [-0.15, -0.1) is 0 Å². The van der Waals surface area contributed by atoms with Crippen LogP contribution in [0, 0.1) is 17.2 Å². The van der Waals surface area contributed by atoms with Gasteiger partial charge in [-0.25, -0.2) is 4.98 Å². The largest absolute Gasteiger partial charge is 0.382 e. The number of aromatic nitrogens is 3. The summed E-state index contributed by atoms with van der Waals surface area (Å²) < 4.78 is 7.62. The fourth-order valence-corrected chi connectivity index (χ4v) is 2.68. The number of anilines is 1. The van der Waals surface area contributed by atoms with E-state index in [1.54, 1.807) is 10.9 Å². The van der Waals surface area contributed by atoms with Crippen LogP contribution in [0.1, 0.15) is 23.8 Å². The average molecular weight is 283 g/mol. The van der Waals surface area contributed by atoms with Crippen LogP contribution in [-0.2, 0) is 11.8 Å². The molecule has 1 N–H and O–H groups in total. The maximum absolute atomic E-state index is 9.05. The van der Waals surface area contributed by atoms with Crippen molar-refractivity contribution in [3.05, 3.63) is 42.0 Å². The lowest BCUT2D eigenvalue weighted by Crippen LogP contribution is -2.18. The molecule has 6 heteroatoms. The van der Waals surface area contributed by atoms with Gasteiger partial charge in [0.25, 0.3) is 0 Å². The van der Waals surface area contributed by atoms with Crippen molar-refractivity contribution >= 4 is 5.69 Å². The zero-order valence-corrected chi connectivity index (χ0v) is 11.9. The first kappa shape index (κ1) is 13.6. The van der Waals surface area contributed by atoms with E-state index in [1.807, 2.05) is 31.6 Å². The molecule has 0 saturated carbocycles. The van der Waals surface area contributed by atoms with Gasteiger partial charge in [-0.1, -0.05) is 0 Å². The molecule has 0 spiro atoms. The first-order chi connectivity index (χ1) is 10.3. The van der Waals surface area contributed by atoms with E-state index in [-0.39, 0.29) is 6.10 Å². The number of rotatable bonds is 4. The monoisotopic (exact) mass is 283 g/mol. The molecule has 108 valence electrons. The topological polar surface area (TPSA) is 75.8 Å². The Morgan fingerprint density at radius 1 is 1.57 bits per heavy atom. The molecule has 0 aliphatic carbocycles. The van der Waals surface area contributed by atoms with Crippen molar-refractivity contribution in [2.75, 3.05) is 18.5 Å². The van der Waals surface area contributed by atoms with Gasteiger partial charge in [-0.2, -0.15) is 10.4 Å². The molecule has 0 radical (unpaired) electrons. The lowest BCUT2D eigenvalue weighted by atomic mass is 9.97. The minimum Gasteiger partial charge on any atom is -0.382 e.